The third-order valence-electron chi connectivity index (χ3n) is 3.01. The van der Waals surface area contributed by atoms with Crippen LogP contribution in [0.2, 0.25) is 0 Å². The molecule has 120 valence electrons. The minimum absolute atomic E-state index is 0.0247. The van der Waals surface area contributed by atoms with Crippen molar-refractivity contribution in [3.8, 4) is 5.75 Å². The van der Waals surface area contributed by atoms with Crippen molar-refractivity contribution in [2.45, 2.75) is 33.1 Å². The van der Waals surface area contributed by atoms with E-state index < -0.39 is 4.92 Å². The molecule has 0 unspecified atom stereocenters. The normalized spacial score (nSPS) is 10.1. The molecular formula is C15H20N2O5. The van der Waals surface area contributed by atoms with Gasteiger partial charge in [-0.05, 0) is 18.6 Å². The lowest BCUT2D eigenvalue weighted by molar-refractivity contribution is -0.385. The van der Waals surface area contributed by atoms with E-state index in [-0.39, 0.29) is 41.7 Å². The Balaban J connectivity index is 2.75. The summed E-state index contributed by atoms with van der Waals surface area (Å²) in [4.78, 5) is 33.5. The van der Waals surface area contributed by atoms with Gasteiger partial charge in [0, 0.05) is 24.6 Å². The van der Waals surface area contributed by atoms with Crippen molar-refractivity contribution in [2.24, 2.45) is 0 Å². The van der Waals surface area contributed by atoms with E-state index in [0.29, 0.717) is 6.54 Å². The number of unbranched alkanes of at least 4 members (excludes halogenated alkanes) is 1. The Morgan fingerprint density at radius 1 is 1.32 bits per heavy atom. The summed E-state index contributed by atoms with van der Waals surface area (Å²) in [5, 5.41) is 13.7. The number of Topliss-reactive ketones (excluding diaryl/α,β-unsaturated/α-hetero) is 1. The Morgan fingerprint density at radius 2 is 2.05 bits per heavy atom. The molecular weight excluding hydrogens is 288 g/mol. The number of carbonyl (C=O) groups excluding carboxylic acids is 2. The monoisotopic (exact) mass is 308 g/mol. The highest BCUT2D eigenvalue weighted by molar-refractivity contribution is 5.96. The largest absolute Gasteiger partial charge is 0.477 e. The first kappa shape index (κ1) is 17.6. The van der Waals surface area contributed by atoms with E-state index in [4.69, 9.17) is 4.74 Å². The maximum atomic E-state index is 11.6. The summed E-state index contributed by atoms with van der Waals surface area (Å²) in [5.74, 6) is -0.549. The molecule has 1 amide bonds. The van der Waals surface area contributed by atoms with E-state index in [1.54, 1.807) is 6.92 Å². The fourth-order valence-electron chi connectivity index (χ4n) is 1.76. The summed E-state index contributed by atoms with van der Waals surface area (Å²) < 4.78 is 5.19. The molecule has 0 aliphatic carbocycles. The second-order valence-electron chi connectivity index (χ2n) is 4.71. The fraction of sp³-hybridized carbons (Fsp3) is 0.467. The molecule has 1 aromatic carbocycles. The molecule has 0 fully saturated rings. The second-order valence-corrected chi connectivity index (χ2v) is 4.71. The maximum Gasteiger partial charge on any atom is 0.311 e. The topological polar surface area (TPSA) is 98.5 Å². The molecule has 0 bridgehead atoms. The van der Waals surface area contributed by atoms with Crippen LogP contribution in [0.25, 0.3) is 0 Å². The first-order chi connectivity index (χ1) is 10.5. The molecule has 0 atom stereocenters. The molecule has 1 N–H and O–H groups in total. The van der Waals surface area contributed by atoms with Crippen molar-refractivity contribution in [1.82, 2.24) is 5.32 Å². The number of nitrogens with zero attached hydrogens (tertiary/aromatic N) is 1. The summed E-state index contributed by atoms with van der Waals surface area (Å²) in [5.41, 5.74) is -0.0606. The lowest BCUT2D eigenvalue weighted by atomic mass is 10.1. The van der Waals surface area contributed by atoms with Crippen LogP contribution in [0.15, 0.2) is 18.2 Å². The predicted molar refractivity (Wildman–Crippen MR) is 81.1 cm³/mol. The van der Waals surface area contributed by atoms with Crippen LogP contribution in [0, 0.1) is 10.1 Å². The van der Waals surface area contributed by atoms with Crippen molar-refractivity contribution >= 4 is 17.4 Å². The van der Waals surface area contributed by atoms with Crippen molar-refractivity contribution in [2.75, 3.05) is 13.2 Å². The van der Waals surface area contributed by atoms with Gasteiger partial charge >= 0.3 is 5.69 Å². The minimum atomic E-state index is -0.628. The van der Waals surface area contributed by atoms with Gasteiger partial charge in [-0.3, -0.25) is 19.7 Å². The molecule has 7 heteroatoms. The molecule has 0 aliphatic heterocycles. The van der Waals surface area contributed by atoms with E-state index in [1.165, 1.54) is 18.2 Å². The maximum absolute atomic E-state index is 11.6. The number of nitrogens with one attached hydrogen (secondary N) is 1. The zero-order valence-electron chi connectivity index (χ0n) is 12.8. The summed E-state index contributed by atoms with van der Waals surface area (Å²) in [6.45, 7) is 3.93. The molecule has 0 saturated heterocycles. The number of hydrogen-bond donors (Lipinski definition) is 1. The van der Waals surface area contributed by atoms with E-state index in [2.05, 4.69) is 5.32 Å². The van der Waals surface area contributed by atoms with Crippen LogP contribution in [0.5, 0.6) is 5.75 Å². The van der Waals surface area contributed by atoms with Crippen molar-refractivity contribution in [3.05, 3.63) is 33.9 Å². The van der Waals surface area contributed by atoms with E-state index >= 15 is 0 Å². The van der Waals surface area contributed by atoms with Gasteiger partial charge in [0.1, 0.15) is 0 Å². The molecule has 1 aromatic rings. The molecule has 0 radical (unpaired) electrons. The third-order valence-corrected chi connectivity index (χ3v) is 3.01. The van der Waals surface area contributed by atoms with Gasteiger partial charge in [0.2, 0.25) is 0 Å². The van der Waals surface area contributed by atoms with Crippen LogP contribution in [0.3, 0.4) is 0 Å². The van der Waals surface area contributed by atoms with Crippen LogP contribution < -0.4 is 10.1 Å². The number of nitro benzene ring substituents is 1. The molecule has 0 saturated carbocycles. The highest BCUT2D eigenvalue weighted by atomic mass is 16.6. The Bertz CT molecular complexity index is 557. The van der Waals surface area contributed by atoms with E-state index in [0.717, 1.165) is 12.8 Å². The van der Waals surface area contributed by atoms with Gasteiger partial charge in [0.25, 0.3) is 5.91 Å². The predicted octanol–water partition coefficient (Wildman–Crippen LogP) is 2.48. The first-order valence-electron chi connectivity index (χ1n) is 7.20. The Kier molecular flexibility index (Phi) is 7.01. The fourth-order valence-corrected chi connectivity index (χ4v) is 1.76. The van der Waals surface area contributed by atoms with Crippen molar-refractivity contribution in [1.29, 1.82) is 0 Å². The second kappa shape index (κ2) is 8.76. The number of rotatable bonds is 9. The Morgan fingerprint density at radius 3 is 2.64 bits per heavy atom. The SMILES string of the molecule is CCCCNC(=O)COc1ccc(C(=O)CC)cc1[N+](=O)[O-]. The van der Waals surface area contributed by atoms with Gasteiger partial charge < -0.3 is 10.1 Å². The highest BCUT2D eigenvalue weighted by Gasteiger charge is 2.19. The van der Waals surface area contributed by atoms with Gasteiger partial charge in [0.05, 0.1) is 4.92 Å². The highest BCUT2D eigenvalue weighted by Crippen LogP contribution is 2.28. The smallest absolute Gasteiger partial charge is 0.311 e. The van der Waals surface area contributed by atoms with E-state index in [9.17, 15) is 19.7 Å². The molecule has 0 spiro atoms. The van der Waals surface area contributed by atoms with Gasteiger partial charge in [-0.25, -0.2) is 0 Å². The number of ketones is 1. The summed E-state index contributed by atoms with van der Waals surface area (Å²) in [6.07, 6.45) is 2.08. The van der Waals surface area contributed by atoms with E-state index in [1.807, 2.05) is 6.92 Å². The van der Waals surface area contributed by atoms with Crippen LogP contribution in [-0.4, -0.2) is 29.8 Å². The Hall–Kier alpha value is -2.44. The number of carbonyl (C=O) groups is 2. The quantitative estimate of drug-likeness (QED) is 0.327. The number of hydrogen-bond acceptors (Lipinski definition) is 5. The number of benzene rings is 1. The Labute approximate surface area is 128 Å². The number of ether oxygens (including phenoxy) is 1. The van der Waals surface area contributed by atoms with Crippen molar-refractivity contribution in [3.63, 3.8) is 0 Å². The van der Waals surface area contributed by atoms with Gasteiger partial charge in [-0.1, -0.05) is 20.3 Å². The van der Waals surface area contributed by atoms with Crippen LogP contribution in [-0.2, 0) is 4.79 Å². The average Bonchev–Trinajstić information content (AvgIpc) is 2.52. The summed E-state index contributed by atoms with van der Waals surface area (Å²) in [7, 11) is 0. The zero-order valence-corrected chi connectivity index (χ0v) is 12.8. The summed E-state index contributed by atoms with van der Waals surface area (Å²) in [6, 6.07) is 3.99. The summed E-state index contributed by atoms with van der Waals surface area (Å²) >= 11 is 0. The van der Waals surface area contributed by atoms with Crippen LogP contribution >= 0.6 is 0 Å². The third kappa shape index (κ3) is 5.16. The molecule has 0 heterocycles. The molecule has 1 rings (SSSR count). The number of nitro groups is 1. The molecule has 22 heavy (non-hydrogen) atoms. The first-order valence-corrected chi connectivity index (χ1v) is 7.20. The molecule has 7 nitrogen and oxygen atoms in total. The molecule has 0 aromatic heterocycles. The van der Waals surface area contributed by atoms with Gasteiger partial charge in [-0.2, -0.15) is 0 Å². The van der Waals surface area contributed by atoms with Crippen LogP contribution in [0.4, 0.5) is 5.69 Å². The lowest BCUT2D eigenvalue weighted by Crippen LogP contribution is -2.29. The zero-order chi connectivity index (χ0) is 16.5. The van der Waals surface area contributed by atoms with Crippen LogP contribution in [0.1, 0.15) is 43.5 Å². The number of amides is 1. The molecule has 0 aliphatic rings. The average molecular weight is 308 g/mol. The van der Waals surface area contributed by atoms with Gasteiger partial charge in [0.15, 0.2) is 18.1 Å². The van der Waals surface area contributed by atoms with Crippen molar-refractivity contribution < 1.29 is 19.2 Å². The van der Waals surface area contributed by atoms with Gasteiger partial charge in [-0.15, -0.1) is 0 Å². The minimum Gasteiger partial charge on any atom is -0.477 e. The lowest BCUT2D eigenvalue weighted by Gasteiger charge is -2.08. The standard InChI is InChI=1S/C15H20N2O5/c1-3-5-8-16-15(19)10-22-14-7-6-11(13(18)4-2)9-12(14)17(20)21/h6-7,9H,3-5,8,10H2,1-2H3,(H,16,19).